The van der Waals surface area contributed by atoms with Crippen molar-refractivity contribution in [2.24, 2.45) is 0 Å². The molecule has 0 saturated heterocycles. The van der Waals surface area contributed by atoms with Crippen LogP contribution in [0.5, 0.6) is 0 Å². The summed E-state index contributed by atoms with van der Waals surface area (Å²) in [6, 6.07) is 0. The molecular weight excluding hydrogens is 188 g/mol. The Balaban J connectivity index is 0. The summed E-state index contributed by atoms with van der Waals surface area (Å²) >= 11 is 0. The van der Waals surface area contributed by atoms with Crippen LogP contribution in [0.1, 0.15) is 0 Å². The third kappa shape index (κ3) is 13.0. The average Bonchev–Trinajstić information content (AvgIpc) is 2.25. The van der Waals surface area contributed by atoms with Crippen molar-refractivity contribution in [3.63, 3.8) is 0 Å². The van der Waals surface area contributed by atoms with Gasteiger partial charge in [0.25, 0.3) is 0 Å². The van der Waals surface area contributed by atoms with Gasteiger partial charge in [0, 0.05) is 12.2 Å². The van der Waals surface area contributed by atoms with Gasteiger partial charge in [-0.1, -0.05) is 13.2 Å². The van der Waals surface area contributed by atoms with Crippen LogP contribution in [-0.4, -0.2) is 37.4 Å². The molecule has 0 bridgehead atoms. The van der Waals surface area contributed by atoms with E-state index in [9.17, 15) is 9.59 Å². The molecule has 5 nitrogen and oxygen atoms in total. The molecule has 0 aromatic rings. The molecule has 0 radical (unpaired) electrons. The second-order valence-corrected chi connectivity index (χ2v) is 1.82. The standard InChI is InChI=1S/C5H8O3.C4H6O2/c1-2-5(7)8-4-3-6;1-3-4(5)6-2/h2,6H,1,3-4H2;3H,1H2,2H3. The van der Waals surface area contributed by atoms with Crippen LogP contribution in [0.3, 0.4) is 0 Å². The molecule has 0 aliphatic rings. The van der Waals surface area contributed by atoms with Gasteiger partial charge in [-0.15, -0.1) is 0 Å². The first-order chi connectivity index (χ1) is 6.62. The lowest BCUT2D eigenvalue weighted by Crippen LogP contribution is -2.04. The van der Waals surface area contributed by atoms with E-state index in [2.05, 4.69) is 22.6 Å². The summed E-state index contributed by atoms with van der Waals surface area (Å²) in [7, 11) is 1.31. The minimum atomic E-state index is -0.501. The van der Waals surface area contributed by atoms with E-state index >= 15 is 0 Å². The van der Waals surface area contributed by atoms with E-state index in [1.165, 1.54) is 7.11 Å². The maximum Gasteiger partial charge on any atom is 0.330 e. The lowest BCUT2D eigenvalue weighted by molar-refractivity contribution is -0.138. The van der Waals surface area contributed by atoms with Crippen molar-refractivity contribution in [1.82, 2.24) is 0 Å². The number of hydrogen-bond donors (Lipinski definition) is 1. The highest BCUT2D eigenvalue weighted by Gasteiger charge is 1.90. The number of carbonyl (C=O) groups excluding carboxylic acids is 2. The molecule has 0 rings (SSSR count). The van der Waals surface area contributed by atoms with Crippen molar-refractivity contribution >= 4 is 11.9 Å². The molecule has 0 aliphatic heterocycles. The van der Waals surface area contributed by atoms with E-state index in [-0.39, 0.29) is 13.2 Å². The van der Waals surface area contributed by atoms with Gasteiger partial charge in [0.2, 0.25) is 0 Å². The number of aliphatic hydroxyl groups is 1. The Bertz CT molecular complexity index is 197. The Kier molecular flexibility index (Phi) is 12.1. The average molecular weight is 202 g/mol. The first-order valence-corrected chi connectivity index (χ1v) is 3.72. The zero-order valence-corrected chi connectivity index (χ0v) is 8.06. The normalized spacial score (nSPS) is 7.57. The molecule has 0 aromatic carbocycles. The molecule has 5 heteroatoms. The highest BCUT2D eigenvalue weighted by atomic mass is 16.5. The van der Waals surface area contributed by atoms with Gasteiger partial charge >= 0.3 is 11.9 Å². The zero-order chi connectivity index (χ0) is 11.4. The van der Waals surface area contributed by atoms with Crippen molar-refractivity contribution in [2.45, 2.75) is 0 Å². The molecule has 0 unspecified atom stereocenters. The fourth-order valence-electron chi connectivity index (χ4n) is 0.288. The second kappa shape index (κ2) is 11.4. The number of aliphatic hydroxyl groups excluding tert-OH is 1. The predicted molar refractivity (Wildman–Crippen MR) is 50.5 cm³/mol. The van der Waals surface area contributed by atoms with Gasteiger partial charge in [-0.2, -0.15) is 0 Å². The van der Waals surface area contributed by atoms with Crippen LogP contribution in [0.4, 0.5) is 0 Å². The fourth-order valence-corrected chi connectivity index (χ4v) is 0.288. The van der Waals surface area contributed by atoms with Crippen LogP contribution in [-0.2, 0) is 19.1 Å². The minimum absolute atomic E-state index is 0.0465. The lowest BCUT2D eigenvalue weighted by Gasteiger charge is -1.94. The topological polar surface area (TPSA) is 72.8 Å². The first-order valence-electron chi connectivity index (χ1n) is 3.72. The van der Waals surface area contributed by atoms with Crippen LogP contribution in [0.25, 0.3) is 0 Å². The summed E-state index contributed by atoms with van der Waals surface area (Å²) in [6.07, 6.45) is 2.16. The number of rotatable bonds is 4. The third-order valence-electron chi connectivity index (χ3n) is 0.870. The molecule has 0 saturated carbocycles. The molecule has 80 valence electrons. The maximum atomic E-state index is 10.1. The summed E-state index contributed by atoms with van der Waals surface area (Å²) < 4.78 is 8.48. The van der Waals surface area contributed by atoms with Gasteiger partial charge in [0.05, 0.1) is 13.7 Å². The smallest absolute Gasteiger partial charge is 0.330 e. The third-order valence-corrected chi connectivity index (χ3v) is 0.870. The zero-order valence-electron chi connectivity index (χ0n) is 8.06. The summed E-state index contributed by atoms with van der Waals surface area (Å²) in [5, 5.41) is 8.10. The molecule has 0 aromatic heterocycles. The van der Waals surface area contributed by atoms with Gasteiger partial charge in [-0.25, -0.2) is 9.59 Å². The summed E-state index contributed by atoms with van der Waals surface area (Å²) in [5.74, 6) is -0.894. The van der Waals surface area contributed by atoms with Crippen molar-refractivity contribution in [2.75, 3.05) is 20.3 Å². The lowest BCUT2D eigenvalue weighted by atomic mass is 10.6. The first kappa shape index (κ1) is 14.9. The van der Waals surface area contributed by atoms with E-state index in [0.29, 0.717) is 0 Å². The monoisotopic (exact) mass is 202 g/mol. The minimum Gasteiger partial charge on any atom is -0.466 e. The van der Waals surface area contributed by atoms with Gasteiger partial charge in [-0.3, -0.25) is 0 Å². The predicted octanol–water partition coefficient (Wildman–Crippen LogP) is 0.0533. The number of hydrogen-bond acceptors (Lipinski definition) is 5. The van der Waals surface area contributed by atoms with E-state index in [1.807, 2.05) is 0 Å². The second-order valence-electron chi connectivity index (χ2n) is 1.82. The largest absolute Gasteiger partial charge is 0.466 e. The van der Waals surface area contributed by atoms with E-state index < -0.39 is 11.9 Å². The van der Waals surface area contributed by atoms with Crippen LogP contribution >= 0.6 is 0 Å². The van der Waals surface area contributed by atoms with Gasteiger partial charge in [-0.05, 0) is 0 Å². The van der Waals surface area contributed by atoms with Crippen LogP contribution in [0.15, 0.2) is 25.3 Å². The summed E-state index contributed by atoms with van der Waals surface area (Å²) in [5.41, 5.74) is 0. The Morgan fingerprint density at radius 1 is 1.29 bits per heavy atom. The van der Waals surface area contributed by atoms with Gasteiger partial charge < -0.3 is 14.6 Å². The molecule has 0 fully saturated rings. The quantitative estimate of drug-likeness (QED) is 0.515. The Labute approximate surface area is 82.6 Å². The highest BCUT2D eigenvalue weighted by molar-refractivity contribution is 5.81. The fraction of sp³-hybridized carbons (Fsp3) is 0.333. The highest BCUT2D eigenvalue weighted by Crippen LogP contribution is 1.75. The van der Waals surface area contributed by atoms with Crippen molar-refractivity contribution in [3.05, 3.63) is 25.3 Å². The number of esters is 2. The Morgan fingerprint density at radius 2 is 1.79 bits per heavy atom. The number of ether oxygens (including phenoxy) is 2. The molecule has 0 aliphatic carbocycles. The molecule has 0 amide bonds. The van der Waals surface area contributed by atoms with Crippen LogP contribution < -0.4 is 0 Å². The molecule has 1 N–H and O–H groups in total. The van der Waals surface area contributed by atoms with E-state index in [1.54, 1.807) is 0 Å². The molecular formula is C9H14O5. The number of methoxy groups -OCH3 is 1. The van der Waals surface area contributed by atoms with Crippen LogP contribution in [0, 0.1) is 0 Å². The number of carbonyl (C=O) groups is 2. The van der Waals surface area contributed by atoms with Crippen LogP contribution in [0.2, 0.25) is 0 Å². The van der Waals surface area contributed by atoms with E-state index in [4.69, 9.17) is 5.11 Å². The SMILES string of the molecule is C=CC(=O)OC.C=CC(=O)OCCO. The maximum absolute atomic E-state index is 10.1. The van der Waals surface area contributed by atoms with Gasteiger partial charge in [0.15, 0.2) is 0 Å². The van der Waals surface area contributed by atoms with Crippen molar-refractivity contribution < 1.29 is 24.2 Å². The molecule has 0 heterocycles. The molecule has 0 spiro atoms. The summed E-state index contributed by atoms with van der Waals surface area (Å²) in [6.45, 7) is 6.22. The Hall–Kier alpha value is -1.62. The van der Waals surface area contributed by atoms with Crippen molar-refractivity contribution in [3.8, 4) is 0 Å². The Morgan fingerprint density at radius 3 is 2.00 bits per heavy atom. The van der Waals surface area contributed by atoms with E-state index in [0.717, 1.165) is 12.2 Å². The molecule has 0 atom stereocenters. The van der Waals surface area contributed by atoms with Crippen molar-refractivity contribution in [1.29, 1.82) is 0 Å². The van der Waals surface area contributed by atoms with Gasteiger partial charge in [0.1, 0.15) is 6.61 Å². The molecule has 14 heavy (non-hydrogen) atoms. The summed E-state index contributed by atoms with van der Waals surface area (Å²) in [4.78, 5) is 20.0.